The Kier molecular flexibility index (Phi) is 4.98. The van der Waals surface area contributed by atoms with E-state index in [1.165, 1.54) is 0 Å². The van der Waals surface area contributed by atoms with Crippen molar-refractivity contribution in [3.05, 3.63) is 0 Å². The van der Waals surface area contributed by atoms with Crippen LogP contribution in [0.3, 0.4) is 0 Å². The zero-order chi connectivity index (χ0) is 13.8. The molecule has 1 atom stereocenters. The number of likely N-dealkylation sites (tertiary alicyclic amines) is 1. The zero-order valence-electron chi connectivity index (χ0n) is 10.3. The molecule has 0 bridgehead atoms. The first-order chi connectivity index (χ1) is 8.26. The molecule has 7 heteroatoms. The normalized spacial score (nSPS) is 25.6. The van der Waals surface area contributed by atoms with Gasteiger partial charge in [0.25, 0.3) is 0 Å². The monoisotopic (exact) mass is 269 g/mol. The largest absolute Gasteiger partial charge is 0.480 e. The van der Waals surface area contributed by atoms with Crippen LogP contribution in [0.2, 0.25) is 0 Å². The highest BCUT2D eigenvalue weighted by Crippen LogP contribution is 2.29. The number of hydrogen-bond acceptors (Lipinski definition) is 3. The first-order valence-electron chi connectivity index (χ1n) is 5.89. The fourth-order valence-electron chi connectivity index (χ4n) is 2.17. The van der Waals surface area contributed by atoms with E-state index in [0.29, 0.717) is 25.9 Å². The number of aliphatic carboxylic acids is 1. The van der Waals surface area contributed by atoms with Crippen molar-refractivity contribution in [3.8, 4) is 0 Å². The average Bonchev–Trinajstić information content (AvgIpc) is 2.59. The van der Waals surface area contributed by atoms with Crippen LogP contribution >= 0.6 is 0 Å². The Morgan fingerprint density at radius 1 is 1.50 bits per heavy atom. The smallest absolute Gasteiger partial charge is 0.411 e. The second-order valence-corrected chi connectivity index (χ2v) is 4.69. The molecule has 0 radical (unpaired) electrons. The zero-order valence-corrected chi connectivity index (χ0v) is 10.3. The minimum Gasteiger partial charge on any atom is -0.480 e. The minimum atomic E-state index is -4.30. The standard InChI is InChI=1S/C11H18F3NO3/c1-10(9(16)17)4-2-5-15(10)6-3-7-18-8-11(12,13)14/h2-8H2,1H3,(H,16,17). The van der Waals surface area contributed by atoms with Crippen LogP contribution < -0.4 is 0 Å². The predicted octanol–water partition coefficient (Wildman–Crippen LogP) is 1.89. The molecule has 1 aliphatic heterocycles. The van der Waals surface area contributed by atoms with Gasteiger partial charge >= 0.3 is 12.1 Å². The molecular weight excluding hydrogens is 251 g/mol. The van der Waals surface area contributed by atoms with E-state index in [-0.39, 0.29) is 6.61 Å². The molecule has 0 aromatic heterocycles. The number of carboxylic acid groups (broad SMARTS) is 1. The fraction of sp³-hybridized carbons (Fsp3) is 0.909. The van der Waals surface area contributed by atoms with Crippen LogP contribution in [0.4, 0.5) is 13.2 Å². The Morgan fingerprint density at radius 2 is 2.17 bits per heavy atom. The highest BCUT2D eigenvalue weighted by molar-refractivity contribution is 5.78. The summed E-state index contributed by atoms with van der Waals surface area (Å²) in [7, 11) is 0. The highest BCUT2D eigenvalue weighted by Gasteiger charge is 2.42. The summed E-state index contributed by atoms with van der Waals surface area (Å²) in [6.45, 7) is 1.51. The molecule has 18 heavy (non-hydrogen) atoms. The lowest BCUT2D eigenvalue weighted by Gasteiger charge is -2.31. The summed E-state index contributed by atoms with van der Waals surface area (Å²) >= 11 is 0. The molecule has 1 unspecified atom stereocenters. The summed E-state index contributed by atoms with van der Waals surface area (Å²) in [5, 5.41) is 9.13. The molecule has 1 heterocycles. The Morgan fingerprint density at radius 3 is 2.72 bits per heavy atom. The molecule has 106 valence electrons. The Balaban J connectivity index is 2.25. The molecule has 0 spiro atoms. The molecule has 1 rings (SSSR count). The minimum absolute atomic E-state index is 0.00823. The van der Waals surface area contributed by atoms with Crippen molar-refractivity contribution in [2.45, 2.75) is 37.9 Å². The number of nitrogens with zero attached hydrogens (tertiary/aromatic N) is 1. The molecule has 1 saturated heterocycles. The van der Waals surface area contributed by atoms with Crippen LogP contribution in [0, 0.1) is 0 Å². The van der Waals surface area contributed by atoms with Crippen molar-refractivity contribution >= 4 is 5.97 Å². The first kappa shape index (κ1) is 15.2. The molecule has 0 saturated carbocycles. The number of alkyl halides is 3. The van der Waals surface area contributed by atoms with Crippen molar-refractivity contribution < 1.29 is 27.8 Å². The van der Waals surface area contributed by atoms with E-state index >= 15 is 0 Å². The lowest BCUT2D eigenvalue weighted by Crippen LogP contribution is -2.48. The van der Waals surface area contributed by atoms with Gasteiger partial charge in [0.2, 0.25) is 0 Å². The highest BCUT2D eigenvalue weighted by atomic mass is 19.4. The van der Waals surface area contributed by atoms with Gasteiger partial charge in [0.1, 0.15) is 12.1 Å². The summed E-state index contributed by atoms with van der Waals surface area (Å²) in [6, 6.07) is 0. The van der Waals surface area contributed by atoms with Gasteiger partial charge in [0.05, 0.1) is 0 Å². The summed E-state index contributed by atoms with van der Waals surface area (Å²) in [5.41, 5.74) is -0.885. The van der Waals surface area contributed by atoms with Gasteiger partial charge in [0.15, 0.2) is 0 Å². The van der Waals surface area contributed by atoms with Crippen LogP contribution in [-0.4, -0.2) is 54.0 Å². The summed E-state index contributed by atoms with van der Waals surface area (Å²) < 4.78 is 39.9. The maximum Gasteiger partial charge on any atom is 0.411 e. The molecule has 1 fully saturated rings. The van der Waals surface area contributed by atoms with Crippen molar-refractivity contribution in [2.24, 2.45) is 0 Å². The molecule has 1 aliphatic rings. The third kappa shape index (κ3) is 4.13. The Labute approximate surface area is 104 Å². The number of ether oxygens (including phenoxy) is 1. The van der Waals surface area contributed by atoms with Gasteiger partial charge in [-0.15, -0.1) is 0 Å². The molecule has 1 N–H and O–H groups in total. The van der Waals surface area contributed by atoms with Crippen molar-refractivity contribution in [1.29, 1.82) is 0 Å². The van der Waals surface area contributed by atoms with Crippen molar-refractivity contribution in [3.63, 3.8) is 0 Å². The van der Waals surface area contributed by atoms with E-state index in [4.69, 9.17) is 5.11 Å². The molecule has 0 aromatic carbocycles. The lowest BCUT2D eigenvalue weighted by molar-refractivity contribution is -0.174. The molecule has 0 aromatic rings. The first-order valence-corrected chi connectivity index (χ1v) is 5.89. The number of hydrogen-bond donors (Lipinski definition) is 1. The fourth-order valence-corrected chi connectivity index (χ4v) is 2.17. The van der Waals surface area contributed by atoms with Gasteiger partial charge in [-0.1, -0.05) is 0 Å². The van der Waals surface area contributed by atoms with Crippen LogP contribution in [0.5, 0.6) is 0 Å². The number of carbonyl (C=O) groups is 1. The second-order valence-electron chi connectivity index (χ2n) is 4.69. The third-order valence-electron chi connectivity index (χ3n) is 3.23. The van der Waals surface area contributed by atoms with Crippen LogP contribution in [0.25, 0.3) is 0 Å². The molecule has 0 amide bonds. The van der Waals surface area contributed by atoms with Crippen molar-refractivity contribution in [1.82, 2.24) is 4.90 Å². The van der Waals surface area contributed by atoms with Crippen LogP contribution in [0.15, 0.2) is 0 Å². The topological polar surface area (TPSA) is 49.8 Å². The van der Waals surface area contributed by atoms with Gasteiger partial charge in [-0.3, -0.25) is 9.69 Å². The van der Waals surface area contributed by atoms with E-state index in [9.17, 15) is 18.0 Å². The predicted molar refractivity (Wildman–Crippen MR) is 58.3 cm³/mol. The maximum absolute atomic E-state index is 11.8. The summed E-state index contributed by atoms with van der Waals surface area (Å²) in [6.07, 6.45) is -2.53. The summed E-state index contributed by atoms with van der Waals surface area (Å²) in [5.74, 6) is -0.879. The van der Waals surface area contributed by atoms with Gasteiger partial charge in [-0.25, -0.2) is 0 Å². The van der Waals surface area contributed by atoms with Crippen molar-refractivity contribution in [2.75, 3.05) is 26.3 Å². The lowest BCUT2D eigenvalue weighted by atomic mass is 9.99. The van der Waals surface area contributed by atoms with Gasteiger partial charge < -0.3 is 9.84 Å². The van der Waals surface area contributed by atoms with E-state index in [0.717, 1.165) is 6.42 Å². The number of halogens is 3. The van der Waals surface area contributed by atoms with E-state index in [2.05, 4.69) is 4.74 Å². The van der Waals surface area contributed by atoms with Gasteiger partial charge in [0, 0.05) is 13.2 Å². The number of carboxylic acids is 1. The maximum atomic E-state index is 11.8. The average molecular weight is 269 g/mol. The van der Waals surface area contributed by atoms with Crippen LogP contribution in [-0.2, 0) is 9.53 Å². The van der Waals surface area contributed by atoms with Crippen LogP contribution in [0.1, 0.15) is 26.2 Å². The molecular formula is C11H18F3NO3. The Bertz CT molecular complexity index is 296. The quantitative estimate of drug-likeness (QED) is 0.748. The van der Waals surface area contributed by atoms with Gasteiger partial charge in [-0.2, -0.15) is 13.2 Å². The molecule has 0 aliphatic carbocycles. The molecule has 4 nitrogen and oxygen atoms in total. The van der Waals surface area contributed by atoms with E-state index in [1.807, 2.05) is 0 Å². The number of rotatable bonds is 6. The Hall–Kier alpha value is -0.820. The van der Waals surface area contributed by atoms with E-state index in [1.54, 1.807) is 11.8 Å². The summed E-state index contributed by atoms with van der Waals surface area (Å²) in [4.78, 5) is 12.9. The second kappa shape index (κ2) is 5.88. The van der Waals surface area contributed by atoms with Gasteiger partial charge in [-0.05, 0) is 32.7 Å². The van der Waals surface area contributed by atoms with E-state index < -0.39 is 24.3 Å². The third-order valence-corrected chi connectivity index (χ3v) is 3.23. The SMILES string of the molecule is CC1(C(=O)O)CCCN1CCCOCC(F)(F)F.